The van der Waals surface area contributed by atoms with Crippen molar-refractivity contribution in [2.75, 3.05) is 11.5 Å². The van der Waals surface area contributed by atoms with Crippen LogP contribution in [-0.4, -0.2) is 17.3 Å². The summed E-state index contributed by atoms with van der Waals surface area (Å²) >= 11 is 1.89. The van der Waals surface area contributed by atoms with E-state index in [2.05, 4.69) is 0 Å². The molecule has 0 spiro atoms. The molecule has 60 valence electrons. The molecule has 0 aromatic rings. The first-order valence-electron chi connectivity index (χ1n) is 3.66. The minimum absolute atomic E-state index is 0.0914. The Hall–Kier alpha value is 0.240. The van der Waals surface area contributed by atoms with Crippen LogP contribution in [0.5, 0.6) is 0 Å². The number of halogens is 1. The fraction of sp³-hybridized carbons (Fsp3) is 1.00. The molecule has 1 rings (SSSR count). The van der Waals surface area contributed by atoms with Crippen LogP contribution in [0, 0.1) is 5.92 Å². The summed E-state index contributed by atoms with van der Waals surface area (Å²) < 4.78 is 13.0. The molecule has 3 heteroatoms. The zero-order valence-electron chi connectivity index (χ0n) is 6.27. The van der Waals surface area contributed by atoms with Crippen molar-refractivity contribution in [2.24, 2.45) is 11.7 Å². The summed E-state index contributed by atoms with van der Waals surface area (Å²) in [5.74, 6) is 0.790. The maximum absolute atomic E-state index is 13.0. The number of alkyl halides is 1. The summed E-state index contributed by atoms with van der Waals surface area (Å²) in [6, 6.07) is 0. The van der Waals surface area contributed by atoms with E-state index in [0.29, 0.717) is 0 Å². The molecule has 0 aromatic carbocycles. The highest BCUT2D eigenvalue weighted by atomic mass is 32.2. The van der Waals surface area contributed by atoms with Gasteiger partial charge in [-0.25, -0.2) is 4.39 Å². The Balaban J connectivity index is 2.39. The Morgan fingerprint density at radius 2 is 2.00 bits per heavy atom. The van der Waals surface area contributed by atoms with E-state index in [1.165, 1.54) is 6.92 Å². The number of hydrogen-bond donors (Lipinski definition) is 1. The molecular weight excluding hydrogens is 149 g/mol. The van der Waals surface area contributed by atoms with Crippen LogP contribution in [0.1, 0.15) is 19.8 Å². The highest BCUT2D eigenvalue weighted by molar-refractivity contribution is 7.99. The molecule has 0 bridgehead atoms. The van der Waals surface area contributed by atoms with E-state index in [4.69, 9.17) is 5.73 Å². The minimum Gasteiger partial charge on any atom is -0.299 e. The fourth-order valence-corrected chi connectivity index (χ4v) is 2.37. The van der Waals surface area contributed by atoms with E-state index < -0.39 is 5.79 Å². The van der Waals surface area contributed by atoms with Gasteiger partial charge in [-0.05, 0) is 31.3 Å². The maximum atomic E-state index is 13.0. The first kappa shape index (κ1) is 8.34. The lowest BCUT2D eigenvalue weighted by Crippen LogP contribution is -2.41. The molecule has 0 aromatic heterocycles. The predicted molar refractivity (Wildman–Crippen MR) is 43.7 cm³/mol. The van der Waals surface area contributed by atoms with Crippen LogP contribution in [0.3, 0.4) is 0 Å². The van der Waals surface area contributed by atoms with Crippen molar-refractivity contribution >= 4 is 11.8 Å². The lowest BCUT2D eigenvalue weighted by atomic mass is 9.93. The summed E-state index contributed by atoms with van der Waals surface area (Å²) in [5, 5.41) is 0. The van der Waals surface area contributed by atoms with Gasteiger partial charge in [0.05, 0.1) is 0 Å². The molecular formula is C7H14FNS. The SMILES string of the molecule is CC(N)(F)C1CCSCC1. The van der Waals surface area contributed by atoms with Crippen molar-refractivity contribution in [3.63, 3.8) is 0 Å². The van der Waals surface area contributed by atoms with Crippen molar-refractivity contribution in [3.05, 3.63) is 0 Å². The third kappa shape index (κ3) is 2.13. The average Bonchev–Trinajstić information content (AvgIpc) is 1.88. The van der Waals surface area contributed by atoms with Crippen LogP contribution in [0.25, 0.3) is 0 Å². The first-order valence-corrected chi connectivity index (χ1v) is 4.81. The molecule has 1 aliphatic heterocycles. The Morgan fingerprint density at radius 3 is 2.30 bits per heavy atom. The van der Waals surface area contributed by atoms with Gasteiger partial charge in [0.1, 0.15) is 0 Å². The molecule has 1 unspecified atom stereocenters. The number of rotatable bonds is 1. The summed E-state index contributed by atoms with van der Waals surface area (Å²) in [4.78, 5) is 0. The fourth-order valence-electron chi connectivity index (χ4n) is 1.26. The molecule has 2 N–H and O–H groups in total. The summed E-state index contributed by atoms with van der Waals surface area (Å²) in [5.41, 5.74) is 5.33. The van der Waals surface area contributed by atoms with Gasteiger partial charge in [-0.15, -0.1) is 0 Å². The van der Waals surface area contributed by atoms with Crippen LogP contribution in [0.4, 0.5) is 4.39 Å². The second kappa shape index (κ2) is 3.09. The molecule has 1 nitrogen and oxygen atoms in total. The van der Waals surface area contributed by atoms with Crippen LogP contribution in [0.15, 0.2) is 0 Å². The van der Waals surface area contributed by atoms with E-state index in [1.807, 2.05) is 11.8 Å². The van der Waals surface area contributed by atoms with Gasteiger partial charge in [0.25, 0.3) is 0 Å². The Morgan fingerprint density at radius 1 is 1.50 bits per heavy atom. The lowest BCUT2D eigenvalue weighted by Gasteiger charge is -2.29. The van der Waals surface area contributed by atoms with Gasteiger partial charge in [0.2, 0.25) is 0 Å². The molecule has 10 heavy (non-hydrogen) atoms. The van der Waals surface area contributed by atoms with Gasteiger partial charge in [0.15, 0.2) is 5.79 Å². The van der Waals surface area contributed by atoms with Gasteiger partial charge in [-0.3, -0.25) is 5.73 Å². The third-order valence-electron chi connectivity index (χ3n) is 2.02. The second-order valence-electron chi connectivity index (χ2n) is 3.04. The van der Waals surface area contributed by atoms with Crippen molar-refractivity contribution in [2.45, 2.75) is 25.6 Å². The van der Waals surface area contributed by atoms with Gasteiger partial charge < -0.3 is 0 Å². The van der Waals surface area contributed by atoms with Crippen LogP contribution < -0.4 is 5.73 Å². The molecule has 0 saturated carbocycles. The molecule has 0 aliphatic carbocycles. The Bertz CT molecular complexity index is 105. The molecule has 0 amide bonds. The van der Waals surface area contributed by atoms with E-state index >= 15 is 0 Å². The highest BCUT2D eigenvalue weighted by Crippen LogP contribution is 2.30. The van der Waals surface area contributed by atoms with Gasteiger partial charge in [-0.1, -0.05) is 0 Å². The van der Waals surface area contributed by atoms with E-state index in [0.717, 1.165) is 24.3 Å². The topological polar surface area (TPSA) is 26.0 Å². The van der Waals surface area contributed by atoms with Gasteiger partial charge >= 0.3 is 0 Å². The highest BCUT2D eigenvalue weighted by Gasteiger charge is 2.30. The first-order chi connectivity index (χ1) is 4.61. The molecule has 1 fully saturated rings. The third-order valence-corrected chi connectivity index (χ3v) is 3.07. The second-order valence-corrected chi connectivity index (χ2v) is 4.26. The number of thioether (sulfide) groups is 1. The Kier molecular flexibility index (Phi) is 2.58. The van der Waals surface area contributed by atoms with Gasteiger partial charge in [-0.2, -0.15) is 11.8 Å². The van der Waals surface area contributed by atoms with Crippen molar-refractivity contribution in [1.29, 1.82) is 0 Å². The molecule has 1 heterocycles. The number of nitrogens with two attached hydrogens (primary N) is 1. The van der Waals surface area contributed by atoms with Gasteiger partial charge in [0, 0.05) is 5.92 Å². The summed E-state index contributed by atoms with van der Waals surface area (Å²) in [7, 11) is 0. The number of hydrogen-bond acceptors (Lipinski definition) is 2. The molecule has 1 saturated heterocycles. The minimum atomic E-state index is -1.44. The summed E-state index contributed by atoms with van der Waals surface area (Å²) in [6.07, 6.45) is 1.88. The molecule has 1 aliphatic rings. The van der Waals surface area contributed by atoms with Crippen LogP contribution in [-0.2, 0) is 0 Å². The zero-order chi connectivity index (χ0) is 7.61. The largest absolute Gasteiger partial charge is 0.299 e. The van der Waals surface area contributed by atoms with E-state index in [1.54, 1.807) is 0 Å². The quantitative estimate of drug-likeness (QED) is 0.596. The zero-order valence-corrected chi connectivity index (χ0v) is 7.09. The standard InChI is InChI=1S/C7H14FNS/c1-7(8,9)6-2-4-10-5-3-6/h6H,2-5,9H2,1H3. The Labute approximate surface area is 65.6 Å². The van der Waals surface area contributed by atoms with E-state index in [9.17, 15) is 4.39 Å². The van der Waals surface area contributed by atoms with Crippen molar-refractivity contribution in [1.82, 2.24) is 0 Å². The van der Waals surface area contributed by atoms with Crippen molar-refractivity contribution in [3.8, 4) is 0 Å². The average molecular weight is 163 g/mol. The summed E-state index contributed by atoms with van der Waals surface area (Å²) in [6.45, 7) is 1.48. The maximum Gasteiger partial charge on any atom is 0.159 e. The molecule has 0 radical (unpaired) electrons. The lowest BCUT2D eigenvalue weighted by molar-refractivity contribution is 0.103. The van der Waals surface area contributed by atoms with Crippen molar-refractivity contribution < 1.29 is 4.39 Å². The predicted octanol–water partition coefficient (Wildman–Crippen LogP) is 1.77. The molecule has 1 atom stereocenters. The normalized spacial score (nSPS) is 27.9. The van der Waals surface area contributed by atoms with Crippen LogP contribution in [0.2, 0.25) is 0 Å². The van der Waals surface area contributed by atoms with E-state index in [-0.39, 0.29) is 5.92 Å². The van der Waals surface area contributed by atoms with Crippen LogP contribution >= 0.6 is 11.8 Å². The monoisotopic (exact) mass is 163 g/mol. The smallest absolute Gasteiger partial charge is 0.159 e.